The summed E-state index contributed by atoms with van der Waals surface area (Å²) in [5.41, 5.74) is 1.21. The lowest BCUT2D eigenvalue weighted by molar-refractivity contribution is -0.140. The summed E-state index contributed by atoms with van der Waals surface area (Å²) in [7, 11) is -2.04. The van der Waals surface area contributed by atoms with E-state index in [4.69, 9.17) is 4.74 Å². The number of piperazine rings is 1. The van der Waals surface area contributed by atoms with E-state index in [2.05, 4.69) is 26.6 Å². The number of hydrogen-bond acceptors (Lipinski definition) is 8. The highest BCUT2D eigenvalue weighted by Gasteiger charge is 2.39. The maximum atomic E-state index is 13.9. The van der Waals surface area contributed by atoms with Crippen molar-refractivity contribution in [1.82, 2.24) is 24.4 Å². The average molecular weight is 670 g/mol. The minimum Gasteiger partial charge on any atom is -0.369 e. The molecule has 1 amide bonds. The lowest BCUT2D eigenvalue weighted by Crippen LogP contribution is -2.49. The minimum absolute atomic E-state index is 0.0720. The summed E-state index contributed by atoms with van der Waals surface area (Å²) >= 11 is 0. The number of carbonyl (C=O) groups is 2. The number of hydrogen-bond donors (Lipinski definition) is 1. The van der Waals surface area contributed by atoms with E-state index in [0.29, 0.717) is 49.8 Å². The Labute approximate surface area is 282 Å². The number of piperidine rings is 1. The van der Waals surface area contributed by atoms with Gasteiger partial charge >= 0.3 is 0 Å². The van der Waals surface area contributed by atoms with Crippen molar-refractivity contribution in [3.8, 4) is 0 Å². The van der Waals surface area contributed by atoms with Gasteiger partial charge in [0.15, 0.2) is 6.29 Å². The molecule has 48 heavy (non-hydrogen) atoms. The Hall–Kier alpha value is -4.00. The molecule has 6 rings (SSSR count). The highest BCUT2D eigenvalue weighted by Crippen LogP contribution is 2.37. The number of rotatable bonds is 12. The number of benzene rings is 3. The first-order valence-electron chi connectivity index (χ1n) is 16.6. The van der Waals surface area contributed by atoms with Gasteiger partial charge in [0.1, 0.15) is 0 Å². The third-order valence-corrected chi connectivity index (χ3v) is 11.2. The molecule has 0 bridgehead atoms. The zero-order chi connectivity index (χ0) is 33.6. The third-order valence-electron chi connectivity index (χ3n) is 9.71. The summed E-state index contributed by atoms with van der Waals surface area (Å²) in [5.74, 6) is -0.155. The maximum absolute atomic E-state index is 13.9. The molecule has 1 N–H and O–H groups in total. The van der Waals surface area contributed by atoms with Gasteiger partial charge in [0.2, 0.25) is 15.9 Å². The van der Waals surface area contributed by atoms with Crippen molar-refractivity contribution in [3.63, 3.8) is 0 Å². The number of likely N-dealkylation sites (N-methyl/N-ethyl adjacent to an activating group) is 1. The van der Waals surface area contributed by atoms with E-state index in [0.717, 1.165) is 43.7 Å². The Morgan fingerprint density at radius 2 is 1.67 bits per heavy atom. The quantitative estimate of drug-likeness (QED) is 0.223. The molecule has 1 atom stereocenters. The Bertz CT molecular complexity index is 1810. The van der Waals surface area contributed by atoms with Crippen LogP contribution in [0.25, 0.3) is 10.8 Å². The van der Waals surface area contributed by atoms with E-state index in [9.17, 15) is 18.0 Å². The van der Waals surface area contributed by atoms with Crippen LogP contribution in [0, 0.1) is 0 Å². The van der Waals surface area contributed by atoms with Crippen molar-refractivity contribution in [2.75, 3.05) is 59.5 Å². The monoisotopic (exact) mass is 669 g/mol. The molecule has 0 saturated carbocycles. The van der Waals surface area contributed by atoms with Crippen LogP contribution in [0.5, 0.6) is 0 Å². The van der Waals surface area contributed by atoms with Gasteiger partial charge in [-0.3, -0.25) is 19.5 Å². The van der Waals surface area contributed by atoms with Crippen molar-refractivity contribution in [3.05, 3.63) is 108 Å². The molecule has 2 aliphatic heterocycles. The number of sulfonamides is 1. The molecule has 4 aromatic rings. The van der Waals surface area contributed by atoms with Gasteiger partial charge < -0.3 is 14.5 Å². The molecule has 2 aliphatic rings. The molecule has 0 spiro atoms. The lowest BCUT2D eigenvalue weighted by atomic mass is 9.84. The number of carbonyl (C=O) groups excluding carboxylic acids is 2. The number of nitrogens with one attached hydrogen (secondary N) is 1. The molecule has 11 heteroatoms. The number of ether oxygens (including phenoxy) is 1. The fraction of sp³-hybridized carbons (Fsp3) is 0.378. The first-order valence-corrected chi connectivity index (χ1v) is 18.0. The zero-order valence-corrected chi connectivity index (χ0v) is 28.1. The Morgan fingerprint density at radius 3 is 2.38 bits per heavy atom. The van der Waals surface area contributed by atoms with Crippen molar-refractivity contribution >= 4 is 33.0 Å². The first-order chi connectivity index (χ1) is 23.3. The highest BCUT2D eigenvalue weighted by molar-refractivity contribution is 7.89. The van der Waals surface area contributed by atoms with Crippen LogP contribution in [0.4, 0.5) is 0 Å². The summed E-state index contributed by atoms with van der Waals surface area (Å²) in [6, 6.07) is 22.5. The zero-order valence-electron chi connectivity index (χ0n) is 27.3. The highest BCUT2D eigenvalue weighted by atomic mass is 32.2. The molecular weight excluding hydrogens is 627 g/mol. The lowest BCUT2D eigenvalue weighted by Gasteiger charge is -2.42. The number of pyridine rings is 1. The molecule has 2 fully saturated rings. The fourth-order valence-electron chi connectivity index (χ4n) is 6.81. The predicted molar refractivity (Wildman–Crippen MR) is 185 cm³/mol. The van der Waals surface area contributed by atoms with Gasteiger partial charge in [-0.05, 0) is 48.4 Å². The standard InChI is InChI=1S/C37H43N5O5S/c1-40-20-22-41(23-21-40)24-25-47-37(31-11-7-17-38-27-31)15-18-42(19-16-37)36(44)26-34(30-9-3-2-4-10-30)39-48(45,46)35-14-13-29-8-5-6-12-32(29)33(35)28-43/h2-14,17,27-28,34,39H,15-16,18-26H2,1H3. The smallest absolute Gasteiger partial charge is 0.241 e. The summed E-state index contributed by atoms with van der Waals surface area (Å²) in [6.45, 7) is 6.50. The second-order valence-electron chi connectivity index (χ2n) is 12.7. The van der Waals surface area contributed by atoms with E-state index in [1.54, 1.807) is 41.4 Å². The molecule has 252 valence electrons. The summed E-state index contributed by atoms with van der Waals surface area (Å²) in [5, 5.41) is 1.32. The topological polar surface area (TPSA) is 112 Å². The van der Waals surface area contributed by atoms with Crippen molar-refractivity contribution in [2.24, 2.45) is 0 Å². The second kappa shape index (κ2) is 15.0. The van der Waals surface area contributed by atoms with Gasteiger partial charge in [-0.2, -0.15) is 0 Å². The molecule has 0 aliphatic carbocycles. The molecule has 0 radical (unpaired) electrons. The molecule has 3 aromatic carbocycles. The van der Waals surface area contributed by atoms with Crippen LogP contribution in [-0.2, 0) is 25.2 Å². The van der Waals surface area contributed by atoms with Gasteiger partial charge in [-0.15, -0.1) is 0 Å². The Kier molecular flexibility index (Phi) is 10.6. The summed E-state index contributed by atoms with van der Waals surface area (Å²) in [4.78, 5) is 36.8. The molecule has 1 aromatic heterocycles. The first kappa shape index (κ1) is 33.9. The van der Waals surface area contributed by atoms with E-state index in [1.807, 2.05) is 48.7 Å². The van der Waals surface area contributed by atoms with E-state index < -0.39 is 21.7 Å². The van der Waals surface area contributed by atoms with Crippen LogP contribution in [-0.4, -0.2) is 99.8 Å². The van der Waals surface area contributed by atoms with Gasteiger partial charge in [-0.1, -0.05) is 66.7 Å². The summed E-state index contributed by atoms with van der Waals surface area (Å²) in [6.07, 6.45) is 5.32. The molecule has 3 heterocycles. The minimum atomic E-state index is -4.18. The largest absolute Gasteiger partial charge is 0.369 e. The number of amides is 1. The van der Waals surface area contributed by atoms with Crippen LogP contribution in [0.1, 0.15) is 46.8 Å². The summed E-state index contributed by atoms with van der Waals surface area (Å²) < 4.78 is 37.1. The van der Waals surface area contributed by atoms with E-state index in [1.165, 1.54) is 6.07 Å². The van der Waals surface area contributed by atoms with Gasteiger partial charge in [-0.25, -0.2) is 13.1 Å². The average Bonchev–Trinajstić information content (AvgIpc) is 3.12. The van der Waals surface area contributed by atoms with Crippen LogP contribution in [0.2, 0.25) is 0 Å². The molecule has 10 nitrogen and oxygen atoms in total. The fourth-order valence-corrected chi connectivity index (χ4v) is 8.22. The maximum Gasteiger partial charge on any atom is 0.241 e. The number of aldehydes is 1. The Balaban J connectivity index is 1.17. The van der Waals surface area contributed by atoms with E-state index >= 15 is 0 Å². The van der Waals surface area contributed by atoms with Gasteiger partial charge in [0.25, 0.3) is 0 Å². The van der Waals surface area contributed by atoms with Crippen molar-refractivity contribution in [1.29, 1.82) is 0 Å². The SMILES string of the molecule is CN1CCN(CCOC2(c3cccnc3)CCN(C(=O)CC(NS(=O)(=O)c3ccc4ccccc4c3C=O)c3ccccc3)CC2)CC1. The predicted octanol–water partition coefficient (Wildman–Crippen LogP) is 4.24. The second-order valence-corrected chi connectivity index (χ2v) is 14.4. The number of nitrogens with zero attached hydrogens (tertiary/aromatic N) is 4. The van der Waals surface area contributed by atoms with Gasteiger partial charge in [0, 0.05) is 75.8 Å². The van der Waals surface area contributed by atoms with Crippen LogP contribution in [0.3, 0.4) is 0 Å². The van der Waals surface area contributed by atoms with Gasteiger partial charge in [0.05, 0.1) is 23.1 Å². The Morgan fingerprint density at radius 1 is 0.938 bits per heavy atom. The number of likely N-dealkylation sites (tertiary alicyclic amines) is 1. The molecular formula is C37H43N5O5S. The van der Waals surface area contributed by atoms with Crippen LogP contribution >= 0.6 is 0 Å². The van der Waals surface area contributed by atoms with Crippen molar-refractivity contribution in [2.45, 2.75) is 35.8 Å². The molecule has 2 saturated heterocycles. The van der Waals surface area contributed by atoms with Crippen LogP contribution < -0.4 is 4.72 Å². The van der Waals surface area contributed by atoms with Crippen LogP contribution in [0.15, 0.2) is 96.2 Å². The normalized spacial score (nSPS) is 18.1. The number of aromatic nitrogens is 1. The third kappa shape index (κ3) is 7.66. The van der Waals surface area contributed by atoms with E-state index in [-0.39, 0.29) is 22.8 Å². The number of fused-ring (bicyclic) bond motifs is 1. The molecule has 1 unspecified atom stereocenters. The van der Waals surface area contributed by atoms with Crippen molar-refractivity contribution < 1.29 is 22.7 Å².